The van der Waals surface area contributed by atoms with Crippen LogP contribution in [-0.2, 0) is 0 Å². The van der Waals surface area contributed by atoms with Gasteiger partial charge in [-0.25, -0.2) is 4.39 Å². The zero-order valence-electron chi connectivity index (χ0n) is 10.7. The molecule has 2 atom stereocenters. The fraction of sp³-hybridized carbons (Fsp3) is 0.385. The van der Waals surface area contributed by atoms with Gasteiger partial charge in [0.15, 0.2) is 0 Å². The number of benzene rings is 1. The molecule has 1 aromatic heterocycles. The molecule has 0 saturated carbocycles. The first-order chi connectivity index (χ1) is 9.02. The van der Waals surface area contributed by atoms with Crippen molar-refractivity contribution in [3.8, 4) is 11.4 Å². The van der Waals surface area contributed by atoms with Gasteiger partial charge >= 0.3 is 0 Å². The SMILES string of the molecule is CCC(c1nc(-c2ccc(F)c(Br)c2)no1)C(C)N. The lowest BCUT2D eigenvalue weighted by atomic mass is 9.99. The van der Waals surface area contributed by atoms with E-state index < -0.39 is 0 Å². The minimum absolute atomic E-state index is 0.0325. The fourth-order valence-corrected chi connectivity index (χ4v) is 2.29. The van der Waals surface area contributed by atoms with Gasteiger partial charge in [-0.3, -0.25) is 0 Å². The molecule has 0 amide bonds. The Labute approximate surface area is 119 Å². The maximum atomic E-state index is 13.2. The van der Waals surface area contributed by atoms with Gasteiger partial charge in [-0.2, -0.15) is 4.98 Å². The number of hydrogen-bond acceptors (Lipinski definition) is 4. The number of aromatic nitrogens is 2. The maximum absolute atomic E-state index is 13.2. The first-order valence-corrected chi connectivity index (χ1v) is 6.86. The molecule has 2 unspecified atom stereocenters. The van der Waals surface area contributed by atoms with Crippen molar-refractivity contribution in [2.45, 2.75) is 32.2 Å². The number of nitrogens with two attached hydrogens (primary N) is 1. The van der Waals surface area contributed by atoms with Crippen molar-refractivity contribution in [1.29, 1.82) is 0 Å². The highest BCUT2D eigenvalue weighted by atomic mass is 79.9. The molecule has 0 spiro atoms. The van der Waals surface area contributed by atoms with Crippen molar-refractivity contribution in [3.63, 3.8) is 0 Å². The highest BCUT2D eigenvalue weighted by molar-refractivity contribution is 9.10. The van der Waals surface area contributed by atoms with Crippen LogP contribution in [0.1, 0.15) is 32.1 Å². The summed E-state index contributed by atoms with van der Waals surface area (Å²) in [6.45, 7) is 3.93. The quantitative estimate of drug-likeness (QED) is 0.933. The first-order valence-electron chi connectivity index (χ1n) is 6.07. The van der Waals surface area contributed by atoms with Crippen molar-refractivity contribution < 1.29 is 8.91 Å². The monoisotopic (exact) mass is 327 g/mol. The van der Waals surface area contributed by atoms with Crippen LogP contribution in [0.5, 0.6) is 0 Å². The molecule has 0 radical (unpaired) electrons. The normalized spacial score (nSPS) is 14.4. The molecule has 2 N–H and O–H groups in total. The molecule has 0 aliphatic carbocycles. The third kappa shape index (κ3) is 3.01. The van der Waals surface area contributed by atoms with Gasteiger partial charge < -0.3 is 10.3 Å². The van der Waals surface area contributed by atoms with E-state index in [1.165, 1.54) is 6.07 Å². The lowest BCUT2D eigenvalue weighted by Crippen LogP contribution is -2.24. The van der Waals surface area contributed by atoms with Gasteiger partial charge in [0.05, 0.1) is 10.4 Å². The van der Waals surface area contributed by atoms with Gasteiger partial charge in [-0.15, -0.1) is 0 Å². The molecular formula is C13H15BrFN3O. The summed E-state index contributed by atoms with van der Waals surface area (Å²) in [5.74, 6) is 0.669. The Morgan fingerprint density at radius 2 is 2.21 bits per heavy atom. The highest BCUT2D eigenvalue weighted by Gasteiger charge is 2.21. The van der Waals surface area contributed by atoms with Crippen molar-refractivity contribution in [3.05, 3.63) is 34.4 Å². The molecule has 1 heterocycles. The van der Waals surface area contributed by atoms with E-state index in [9.17, 15) is 4.39 Å². The van der Waals surface area contributed by atoms with Crippen LogP contribution in [-0.4, -0.2) is 16.2 Å². The third-order valence-corrected chi connectivity index (χ3v) is 3.62. The molecule has 0 fully saturated rings. The van der Waals surface area contributed by atoms with Crippen molar-refractivity contribution in [1.82, 2.24) is 10.1 Å². The lowest BCUT2D eigenvalue weighted by molar-refractivity contribution is 0.334. The zero-order valence-corrected chi connectivity index (χ0v) is 12.3. The molecule has 102 valence electrons. The van der Waals surface area contributed by atoms with E-state index in [0.29, 0.717) is 21.8 Å². The summed E-state index contributed by atoms with van der Waals surface area (Å²) in [6.07, 6.45) is 0.826. The third-order valence-electron chi connectivity index (χ3n) is 3.01. The summed E-state index contributed by atoms with van der Waals surface area (Å²) in [5.41, 5.74) is 6.58. The van der Waals surface area contributed by atoms with Gasteiger partial charge in [-0.1, -0.05) is 12.1 Å². The van der Waals surface area contributed by atoms with Crippen LogP contribution in [0.15, 0.2) is 27.2 Å². The fourth-order valence-electron chi connectivity index (χ4n) is 1.91. The number of rotatable bonds is 4. The van der Waals surface area contributed by atoms with Gasteiger partial charge in [0, 0.05) is 11.6 Å². The molecule has 2 aromatic rings. The minimum atomic E-state index is -0.325. The predicted molar refractivity (Wildman–Crippen MR) is 74.1 cm³/mol. The topological polar surface area (TPSA) is 64.9 Å². The first kappa shape index (κ1) is 14.1. The summed E-state index contributed by atoms with van der Waals surface area (Å²) in [7, 11) is 0. The molecule has 2 rings (SSSR count). The summed E-state index contributed by atoms with van der Waals surface area (Å²) in [4.78, 5) is 4.34. The second kappa shape index (κ2) is 5.79. The van der Waals surface area contributed by atoms with Crippen LogP contribution in [0.3, 0.4) is 0 Å². The van der Waals surface area contributed by atoms with Crippen molar-refractivity contribution in [2.75, 3.05) is 0 Å². The number of halogens is 2. The summed E-state index contributed by atoms with van der Waals surface area (Å²) in [6, 6.07) is 4.54. The Kier molecular flexibility index (Phi) is 4.31. The highest BCUT2D eigenvalue weighted by Crippen LogP contribution is 2.26. The van der Waals surface area contributed by atoms with E-state index >= 15 is 0 Å². The van der Waals surface area contributed by atoms with E-state index in [0.717, 1.165) is 6.42 Å². The van der Waals surface area contributed by atoms with Gasteiger partial charge in [0.25, 0.3) is 0 Å². The Morgan fingerprint density at radius 3 is 2.79 bits per heavy atom. The van der Waals surface area contributed by atoms with Crippen molar-refractivity contribution >= 4 is 15.9 Å². The van der Waals surface area contributed by atoms with E-state index in [4.69, 9.17) is 10.3 Å². The Bertz CT molecular complexity index is 571. The van der Waals surface area contributed by atoms with Crippen LogP contribution < -0.4 is 5.73 Å². The molecule has 0 saturated heterocycles. The Hall–Kier alpha value is -1.27. The number of nitrogens with zero attached hydrogens (tertiary/aromatic N) is 2. The molecular weight excluding hydrogens is 313 g/mol. The Balaban J connectivity index is 2.32. The predicted octanol–water partition coefficient (Wildman–Crippen LogP) is 3.48. The van der Waals surface area contributed by atoms with E-state index in [1.54, 1.807) is 12.1 Å². The summed E-state index contributed by atoms with van der Waals surface area (Å²) in [5, 5.41) is 3.92. The van der Waals surface area contributed by atoms with E-state index in [1.807, 2.05) is 13.8 Å². The molecule has 0 bridgehead atoms. The minimum Gasteiger partial charge on any atom is -0.339 e. The van der Waals surface area contributed by atoms with Gasteiger partial charge in [0.2, 0.25) is 11.7 Å². The Morgan fingerprint density at radius 1 is 1.47 bits per heavy atom. The zero-order chi connectivity index (χ0) is 14.0. The van der Waals surface area contributed by atoms with Gasteiger partial charge in [-0.05, 0) is 47.5 Å². The van der Waals surface area contributed by atoms with Gasteiger partial charge in [0.1, 0.15) is 5.82 Å². The molecule has 0 aliphatic rings. The lowest BCUT2D eigenvalue weighted by Gasteiger charge is -2.13. The van der Waals surface area contributed by atoms with E-state index in [-0.39, 0.29) is 17.8 Å². The van der Waals surface area contributed by atoms with Crippen LogP contribution >= 0.6 is 15.9 Å². The average Bonchev–Trinajstić information content (AvgIpc) is 2.82. The molecule has 1 aromatic carbocycles. The van der Waals surface area contributed by atoms with Crippen LogP contribution in [0, 0.1) is 5.82 Å². The molecule has 4 nitrogen and oxygen atoms in total. The molecule has 6 heteroatoms. The molecule has 19 heavy (non-hydrogen) atoms. The number of hydrogen-bond donors (Lipinski definition) is 1. The van der Waals surface area contributed by atoms with E-state index in [2.05, 4.69) is 26.1 Å². The smallest absolute Gasteiger partial charge is 0.231 e. The van der Waals surface area contributed by atoms with Crippen LogP contribution in [0.4, 0.5) is 4.39 Å². The largest absolute Gasteiger partial charge is 0.339 e. The summed E-state index contributed by atoms with van der Waals surface area (Å²) < 4.78 is 18.8. The van der Waals surface area contributed by atoms with Crippen LogP contribution in [0.25, 0.3) is 11.4 Å². The molecule has 0 aliphatic heterocycles. The summed E-state index contributed by atoms with van der Waals surface area (Å²) >= 11 is 3.13. The second-order valence-electron chi connectivity index (χ2n) is 4.46. The van der Waals surface area contributed by atoms with Crippen molar-refractivity contribution in [2.24, 2.45) is 5.73 Å². The van der Waals surface area contributed by atoms with Crippen LogP contribution in [0.2, 0.25) is 0 Å². The average molecular weight is 328 g/mol. The second-order valence-corrected chi connectivity index (χ2v) is 5.31. The maximum Gasteiger partial charge on any atom is 0.231 e. The standard InChI is InChI=1S/C13H15BrFN3O/c1-3-9(7(2)16)13-17-12(18-19-13)8-4-5-11(15)10(14)6-8/h4-7,9H,3,16H2,1-2H3.